The molecule has 0 radical (unpaired) electrons. The molecule has 3 N–H and O–H groups in total. The van der Waals surface area contributed by atoms with Crippen molar-refractivity contribution < 1.29 is 4.39 Å². The Hall–Kier alpha value is -2.44. The summed E-state index contributed by atoms with van der Waals surface area (Å²) < 4.78 is 12.7. The van der Waals surface area contributed by atoms with Crippen LogP contribution in [-0.2, 0) is 0 Å². The fourth-order valence-electron chi connectivity index (χ4n) is 1.47. The summed E-state index contributed by atoms with van der Waals surface area (Å²) in [5.41, 5.74) is 6.49. The Morgan fingerprint density at radius 2 is 1.35 bits per heavy atom. The predicted molar refractivity (Wildman–Crippen MR) is 94.3 cm³/mol. The first-order chi connectivity index (χ1) is 10.6. The summed E-state index contributed by atoms with van der Waals surface area (Å²) >= 11 is 5.77. The zero-order valence-electron chi connectivity index (χ0n) is 11.8. The van der Waals surface area contributed by atoms with Crippen molar-refractivity contribution in [3.63, 3.8) is 0 Å². The number of benzene rings is 2. The minimum absolute atomic E-state index is 0. The molecule has 23 heavy (non-hydrogen) atoms. The molecule has 120 valence electrons. The van der Waals surface area contributed by atoms with Crippen molar-refractivity contribution in [1.82, 2.24) is 10.9 Å². The summed E-state index contributed by atoms with van der Waals surface area (Å²) in [4.78, 5) is 0. The minimum Gasteiger partial charge on any atom is -0.266 e. The molecule has 0 saturated heterocycles. The minimum atomic E-state index is -0.309. The average Bonchev–Trinajstić information content (AvgIpc) is 2.51. The Bertz CT molecular complexity index is 625. The number of hydrazone groups is 2. The second-order valence-electron chi connectivity index (χ2n) is 4.22. The van der Waals surface area contributed by atoms with Crippen LogP contribution in [0.3, 0.4) is 0 Å². The van der Waals surface area contributed by atoms with Crippen molar-refractivity contribution in [3.05, 3.63) is 70.5 Å². The predicted octanol–water partition coefficient (Wildman–Crippen LogP) is 3.38. The summed E-state index contributed by atoms with van der Waals surface area (Å²) in [6, 6.07) is 12.9. The summed E-state index contributed by atoms with van der Waals surface area (Å²) in [6.07, 6.45) is 3.02. The van der Waals surface area contributed by atoms with Crippen LogP contribution in [0.1, 0.15) is 11.1 Å². The van der Waals surface area contributed by atoms with Crippen LogP contribution in [0.4, 0.5) is 4.39 Å². The van der Waals surface area contributed by atoms with E-state index in [2.05, 4.69) is 21.1 Å². The maximum Gasteiger partial charge on any atom is 0.230 e. The molecule has 8 heteroatoms. The smallest absolute Gasteiger partial charge is 0.230 e. The Morgan fingerprint density at radius 3 is 1.83 bits per heavy atom. The zero-order valence-corrected chi connectivity index (χ0v) is 13.4. The van der Waals surface area contributed by atoms with Crippen LogP contribution in [0.15, 0.2) is 58.7 Å². The number of guanidine groups is 1. The standard InChI is InChI=1S/C15H13ClFN5.ClH/c16-13-5-1-11(2-6-13)9-19-21-15(18)22-20-10-12-3-7-14(17)8-4-12;/h1-10H,(H3,18,21,22);1H. The van der Waals surface area contributed by atoms with Gasteiger partial charge in [0.05, 0.1) is 12.4 Å². The topological polar surface area (TPSA) is 72.6 Å². The zero-order chi connectivity index (χ0) is 15.8. The Balaban J connectivity index is 0.00000264. The van der Waals surface area contributed by atoms with E-state index < -0.39 is 0 Å². The highest BCUT2D eigenvalue weighted by atomic mass is 35.5. The van der Waals surface area contributed by atoms with Gasteiger partial charge in [-0.05, 0) is 35.4 Å². The van der Waals surface area contributed by atoms with Gasteiger partial charge in [-0.2, -0.15) is 10.2 Å². The molecule has 0 aliphatic rings. The second kappa shape index (κ2) is 9.55. The third-order valence-electron chi connectivity index (χ3n) is 2.52. The Morgan fingerprint density at radius 1 is 0.913 bits per heavy atom. The van der Waals surface area contributed by atoms with Crippen molar-refractivity contribution in [2.75, 3.05) is 0 Å². The maximum absolute atomic E-state index is 12.7. The van der Waals surface area contributed by atoms with E-state index in [1.165, 1.54) is 18.3 Å². The highest BCUT2D eigenvalue weighted by Gasteiger charge is 1.92. The summed E-state index contributed by atoms with van der Waals surface area (Å²) in [5, 5.41) is 15.9. The quantitative estimate of drug-likeness (QED) is 0.447. The van der Waals surface area contributed by atoms with Crippen LogP contribution < -0.4 is 10.9 Å². The monoisotopic (exact) mass is 353 g/mol. The number of nitrogens with one attached hydrogen (secondary N) is 3. The molecule has 0 atom stereocenters. The van der Waals surface area contributed by atoms with Gasteiger partial charge in [-0.3, -0.25) is 5.41 Å². The van der Waals surface area contributed by atoms with E-state index in [1.807, 2.05) is 0 Å². The third-order valence-corrected chi connectivity index (χ3v) is 2.77. The van der Waals surface area contributed by atoms with E-state index in [4.69, 9.17) is 17.0 Å². The van der Waals surface area contributed by atoms with E-state index in [0.717, 1.165) is 5.56 Å². The Kier molecular flexibility index (Phi) is 7.73. The average molecular weight is 354 g/mol. The normalized spacial score (nSPS) is 10.5. The molecule has 0 bridgehead atoms. The lowest BCUT2D eigenvalue weighted by atomic mass is 10.2. The number of hydrogen-bond donors (Lipinski definition) is 3. The van der Waals surface area contributed by atoms with E-state index in [1.54, 1.807) is 42.6 Å². The van der Waals surface area contributed by atoms with E-state index >= 15 is 0 Å². The first-order valence-electron chi connectivity index (χ1n) is 6.31. The van der Waals surface area contributed by atoms with Crippen molar-refractivity contribution in [3.8, 4) is 0 Å². The van der Waals surface area contributed by atoms with Gasteiger partial charge in [0.2, 0.25) is 5.96 Å². The first-order valence-corrected chi connectivity index (χ1v) is 6.69. The molecule has 5 nitrogen and oxygen atoms in total. The van der Waals surface area contributed by atoms with Crippen LogP contribution >= 0.6 is 24.0 Å². The lowest BCUT2D eigenvalue weighted by molar-refractivity contribution is 0.628. The number of halogens is 3. The summed E-state index contributed by atoms with van der Waals surface area (Å²) in [5.74, 6) is -0.403. The lowest BCUT2D eigenvalue weighted by Crippen LogP contribution is -2.29. The fourth-order valence-corrected chi connectivity index (χ4v) is 1.59. The van der Waals surface area contributed by atoms with Gasteiger partial charge in [0.15, 0.2) is 0 Å². The van der Waals surface area contributed by atoms with Gasteiger partial charge in [0, 0.05) is 5.02 Å². The molecule has 0 aromatic heterocycles. The Labute approximate surface area is 144 Å². The van der Waals surface area contributed by atoms with E-state index in [-0.39, 0.29) is 24.2 Å². The summed E-state index contributed by atoms with van der Waals surface area (Å²) in [6.45, 7) is 0. The molecule has 0 amide bonds. The van der Waals surface area contributed by atoms with Gasteiger partial charge in [0.1, 0.15) is 5.82 Å². The molecular weight excluding hydrogens is 340 g/mol. The molecule has 2 aromatic rings. The largest absolute Gasteiger partial charge is 0.266 e. The van der Waals surface area contributed by atoms with Crippen molar-refractivity contribution in [2.24, 2.45) is 10.2 Å². The van der Waals surface area contributed by atoms with Crippen LogP contribution in [0.5, 0.6) is 0 Å². The van der Waals surface area contributed by atoms with E-state index in [9.17, 15) is 4.39 Å². The maximum atomic E-state index is 12.7. The molecular formula is C15H14Cl2FN5. The molecule has 0 spiro atoms. The molecule has 2 aromatic carbocycles. The molecule has 0 heterocycles. The van der Waals surface area contributed by atoms with Crippen LogP contribution in [0.2, 0.25) is 5.02 Å². The van der Waals surface area contributed by atoms with Gasteiger partial charge in [0.25, 0.3) is 0 Å². The van der Waals surface area contributed by atoms with Crippen molar-refractivity contribution in [2.45, 2.75) is 0 Å². The summed E-state index contributed by atoms with van der Waals surface area (Å²) in [7, 11) is 0. The molecule has 0 aliphatic carbocycles. The van der Waals surface area contributed by atoms with Gasteiger partial charge >= 0.3 is 0 Å². The SMILES string of the molecule is Cl.N=C(NN=Cc1ccc(F)cc1)NN=Cc1ccc(Cl)cc1. The molecule has 0 saturated carbocycles. The van der Waals surface area contributed by atoms with Crippen molar-refractivity contribution >= 4 is 42.4 Å². The number of hydrogen-bond acceptors (Lipinski definition) is 3. The highest BCUT2D eigenvalue weighted by Crippen LogP contribution is 2.07. The van der Waals surface area contributed by atoms with Crippen LogP contribution in [0.25, 0.3) is 0 Å². The molecule has 0 unspecified atom stereocenters. The van der Waals surface area contributed by atoms with Gasteiger partial charge in [-0.1, -0.05) is 35.9 Å². The molecule has 0 aliphatic heterocycles. The fraction of sp³-hybridized carbons (Fsp3) is 0. The second-order valence-corrected chi connectivity index (χ2v) is 4.65. The van der Waals surface area contributed by atoms with Gasteiger partial charge in [-0.15, -0.1) is 12.4 Å². The van der Waals surface area contributed by atoms with Crippen LogP contribution in [0, 0.1) is 11.2 Å². The molecule has 2 rings (SSSR count). The molecule has 0 fully saturated rings. The lowest BCUT2D eigenvalue weighted by Gasteiger charge is -2.01. The van der Waals surface area contributed by atoms with Gasteiger partial charge in [-0.25, -0.2) is 15.2 Å². The van der Waals surface area contributed by atoms with Gasteiger partial charge < -0.3 is 0 Å². The van der Waals surface area contributed by atoms with Crippen molar-refractivity contribution in [1.29, 1.82) is 5.41 Å². The van der Waals surface area contributed by atoms with E-state index in [0.29, 0.717) is 10.6 Å². The highest BCUT2D eigenvalue weighted by molar-refractivity contribution is 6.30. The number of nitrogens with zero attached hydrogens (tertiary/aromatic N) is 2. The first kappa shape index (κ1) is 18.6. The van der Waals surface area contributed by atoms with Crippen LogP contribution in [-0.4, -0.2) is 18.4 Å². The number of rotatable bonds is 4. The third kappa shape index (κ3) is 6.90.